The molecule has 0 heterocycles. The van der Waals surface area contributed by atoms with Gasteiger partial charge in [0.1, 0.15) is 6.54 Å². The SMILES string of the molecule is CCOC(=O)C(C#N)C=NCc1ccc(C[NH+](CC)CC)cc1. The van der Waals surface area contributed by atoms with Crippen LogP contribution < -0.4 is 4.90 Å². The molecule has 23 heavy (non-hydrogen) atoms. The molecule has 1 atom stereocenters. The van der Waals surface area contributed by atoms with Crippen molar-refractivity contribution >= 4 is 12.2 Å². The molecule has 1 aromatic rings. The van der Waals surface area contributed by atoms with Gasteiger partial charge in [0.2, 0.25) is 0 Å². The lowest BCUT2D eigenvalue weighted by molar-refractivity contribution is -0.910. The van der Waals surface area contributed by atoms with Gasteiger partial charge >= 0.3 is 5.97 Å². The van der Waals surface area contributed by atoms with Gasteiger partial charge in [0, 0.05) is 11.8 Å². The summed E-state index contributed by atoms with van der Waals surface area (Å²) in [4.78, 5) is 17.2. The third kappa shape index (κ3) is 6.62. The van der Waals surface area contributed by atoms with E-state index in [-0.39, 0.29) is 6.61 Å². The number of nitrogens with zero attached hydrogens (tertiary/aromatic N) is 2. The number of quaternary nitrogens is 1. The number of carbonyl (C=O) groups excluding carboxylic acids is 1. The first-order valence-corrected chi connectivity index (χ1v) is 8.12. The highest BCUT2D eigenvalue weighted by molar-refractivity contribution is 5.92. The molecular formula is C18H26N3O2+. The number of benzene rings is 1. The average Bonchev–Trinajstić information content (AvgIpc) is 2.58. The van der Waals surface area contributed by atoms with E-state index in [1.807, 2.05) is 18.2 Å². The van der Waals surface area contributed by atoms with Crippen LogP contribution >= 0.6 is 0 Å². The molecule has 0 aliphatic rings. The molecular weight excluding hydrogens is 290 g/mol. The molecule has 0 radical (unpaired) electrons. The molecule has 124 valence electrons. The van der Waals surface area contributed by atoms with Crippen molar-refractivity contribution < 1.29 is 14.4 Å². The van der Waals surface area contributed by atoms with Crippen molar-refractivity contribution in [1.82, 2.24) is 0 Å². The van der Waals surface area contributed by atoms with Gasteiger partial charge in [-0.3, -0.25) is 9.79 Å². The summed E-state index contributed by atoms with van der Waals surface area (Å²) in [6.07, 6.45) is 1.37. The molecule has 0 aromatic heterocycles. The summed E-state index contributed by atoms with van der Waals surface area (Å²) >= 11 is 0. The fourth-order valence-electron chi connectivity index (χ4n) is 2.19. The Labute approximate surface area is 138 Å². The van der Waals surface area contributed by atoms with Crippen LogP contribution in [0.25, 0.3) is 0 Å². The summed E-state index contributed by atoms with van der Waals surface area (Å²) in [6, 6.07) is 10.2. The minimum absolute atomic E-state index is 0.265. The molecule has 0 aliphatic carbocycles. The Balaban J connectivity index is 2.56. The minimum atomic E-state index is -0.930. The van der Waals surface area contributed by atoms with Gasteiger partial charge in [0.15, 0.2) is 5.92 Å². The van der Waals surface area contributed by atoms with Crippen molar-refractivity contribution in [2.75, 3.05) is 19.7 Å². The van der Waals surface area contributed by atoms with Crippen LogP contribution in [-0.2, 0) is 22.6 Å². The number of hydrogen-bond donors (Lipinski definition) is 1. The van der Waals surface area contributed by atoms with Gasteiger partial charge in [-0.2, -0.15) is 5.26 Å². The van der Waals surface area contributed by atoms with E-state index in [9.17, 15) is 4.79 Å². The maximum absolute atomic E-state index is 11.5. The van der Waals surface area contributed by atoms with Crippen LogP contribution in [-0.4, -0.2) is 31.9 Å². The number of hydrogen-bond acceptors (Lipinski definition) is 4. The van der Waals surface area contributed by atoms with E-state index in [0.29, 0.717) is 6.54 Å². The third-order valence-electron chi connectivity index (χ3n) is 3.69. The molecule has 5 nitrogen and oxygen atoms in total. The highest BCUT2D eigenvalue weighted by Gasteiger charge is 2.15. The molecule has 1 aromatic carbocycles. The topological polar surface area (TPSA) is 66.9 Å². The number of nitrogens with one attached hydrogen (secondary N) is 1. The van der Waals surface area contributed by atoms with Gasteiger partial charge in [-0.05, 0) is 26.3 Å². The number of nitriles is 1. The monoisotopic (exact) mass is 316 g/mol. The van der Waals surface area contributed by atoms with Crippen molar-refractivity contribution in [3.63, 3.8) is 0 Å². The van der Waals surface area contributed by atoms with E-state index >= 15 is 0 Å². The van der Waals surface area contributed by atoms with Crippen molar-refractivity contribution in [3.05, 3.63) is 35.4 Å². The van der Waals surface area contributed by atoms with Gasteiger partial charge in [0.25, 0.3) is 0 Å². The van der Waals surface area contributed by atoms with Crippen molar-refractivity contribution in [2.45, 2.75) is 33.9 Å². The second-order valence-corrected chi connectivity index (χ2v) is 5.30. The zero-order valence-electron chi connectivity index (χ0n) is 14.2. The Morgan fingerprint density at radius 1 is 1.26 bits per heavy atom. The lowest BCUT2D eigenvalue weighted by Gasteiger charge is -2.15. The Kier molecular flexibility index (Phi) is 8.63. The van der Waals surface area contributed by atoms with Crippen molar-refractivity contribution in [3.8, 4) is 6.07 Å². The predicted molar refractivity (Wildman–Crippen MR) is 90.1 cm³/mol. The molecule has 1 unspecified atom stereocenters. The fraction of sp³-hybridized carbons (Fsp3) is 0.500. The normalized spacial score (nSPS) is 12.3. The zero-order chi connectivity index (χ0) is 17.1. The summed E-state index contributed by atoms with van der Waals surface area (Å²) < 4.78 is 4.82. The molecule has 0 fully saturated rings. The maximum atomic E-state index is 11.5. The number of carbonyl (C=O) groups is 1. The van der Waals surface area contributed by atoms with Crippen molar-refractivity contribution in [2.24, 2.45) is 10.9 Å². The second-order valence-electron chi connectivity index (χ2n) is 5.30. The summed E-state index contributed by atoms with van der Waals surface area (Å²) in [5.41, 5.74) is 2.36. The van der Waals surface area contributed by atoms with E-state index in [2.05, 4.69) is 31.0 Å². The van der Waals surface area contributed by atoms with Crippen LogP contribution in [0.4, 0.5) is 0 Å². The Morgan fingerprint density at radius 3 is 2.39 bits per heavy atom. The number of esters is 1. The van der Waals surface area contributed by atoms with E-state index in [1.54, 1.807) is 11.8 Å². The first-order chi connectivity index (χ1) is 11.1. The maximum Gasteiger partial charge on any atom is 0.328 e. The van der Waals surface area contributed by atoms with Crippen LogP contribution in [0.15, 0.2) is 29.3 Å². The molecule has 0 saturated carbocycles. The Hall–Kier alpha value is -2.19. The van der Waals surface area contributed by atoms with Crippen LogP contribution in [0.1, 0.15) is 31.9 Å². The van der Waals surface area contributed by atoms with Crippen molar-refractivity contribution in [1.29, 1.82) is 5.26 Å². The van der Waals surface area contributed by atoms with Gasteiger partial charge in [-0.1, -0.05) is 24.3 Å². The van der Waals surface area contributed by atoms with Gasteiger partial charge in [0.05, 0.1) is 32.3 Å². The van der Waals surface area contributed by atoms with E-state index in [0.717, 1.165) is 25.2 Å². The first-order valence-electron chi connectivity index (χ1n) is 8.12. The van der Waals surface area contributed by atoms with Crippen LogP contribution in [0.3, 0.4) is 0 Å². The summed E-state index contributed by atoms with van der Waals surface area (Å²) in [5.74, 6) is -1.48. The Bertz CT molecular complexity index is 542. The molecule has 1 rings (SSSR count). The van der Waals surface area contributed by atoms with E-state index < -0.39 is 11.9 Å². The summed E-state index contributed by atoms with van der Waals surface area (Å²) in [6.45, 7) is 10.1. The van der Waals surface area contributed by atoms with Gasteiger partial charge < -0.3 is 9.64 Å². The van der Waals surface area contributed by atoms with Crippen LogP contribution in [0, 0.1) is 17.2 Å². The lowest BCUT2D eigenvalue weighted by Crippen LogP contribution is -3.10. The zero-order valence-corrected chi connectivity index (χ0v) is 14.2. The molecule has 0 bridgehead atoms. The molecule has 1 N–H and O–H groups in total. The van der Waals surface area contributed by atoms with Gasteiger partial charge in [-0.15, -0.1) is 0 Å². The number of ether oxygens (including phenoxy) is 1. The molecule has 0 aliphatic heterocycles. The third-order valence-corrected chi connectivity index (χ3v) is 3.69. The quantitative estimate of drug-likeness (QED) is 0.553. The van der Waals surface area contributed by atoms with Crippen LogP contribution in [0.2, 0.25) is 0 Å². The highest BCUT2D eigenvalue weighted by atomic mass is 16.5. The lowest BCUT2D eigenvalue weighted by atomic mass is 10.1. The van der Waals surface area contributed by atoms with E-state index in [4.69, 9.17) is 10.00 Å². The fourth-order valence-corrected chi connectivity index (χ4v) is 2.19. The predicted octanol–water partition coefficient (Wildman–Crippen LogP) is 1.38. The highest BCUT2D eigenvalue weighted by Crippen LogP contribution is 2.05. The Morgan fingerprint density at radius 2 is 1.87 bits per heavy atom. The molecule has 0 amide bonds. The second kappa shape index (κ2) is 10.5. The summed E-state index contributed by atoms with van der Waals surface area (Å²) in [5, 5.41) is 8.94. The molecule has 0 saturated heterocycles. The number of rotatable bonds is 9. The standard InChI is InChI=1S/C18H25N3O2/c1-4-21(5-2)14-16-9-7-15(8-10-16)12-20-13-17(11-19)18(22)23-6-3/h7-10,13,17H,4-6,12,14H2,1-3H3/p+1. The first kappa shape index (κ1) is 18.9. The average molecular weight is 316 g/mol. The molecule has 0 spiro atoms. The van der Waals surface area contributed by atoms with Gasteiger partial charge in [-0.25, -0.2) is 0 Å². The summed E-state index contributed by atoms with van der Waals surface area (Å²) in [7, 11) is 0. The smallest absolute Gasteiger partial charge is 0.328 e. The molecule has 5 heteroatoms. The van der Waals surface area contributed by atoms with E-state index in [1.165, 1.54) is 11.8 Å². The largest absolute Gasteiger partial charge is 0.465 e. The van der Waals surface area contributed by atoms with Crippen LogP contribution in [0.5, 0.6) is 0 Å². The minimum Gasteiger partial charge on any atom is -0.465 e. The number of aliphatic imine (C=N–C) groups is 1.